The Morgan fingerprint density at radius 1 is 1.23 bits per heavy atom. The summed E-state index contributed by atoms with van der Waals surface area (Å²) < 4.78 is 0. The maximum absolute atomic E-state index is 12.4. The summed E-state index contributed by atoms with van der Waals surface area (Å²) in [5.74, 6) is 0.191. The summed E-state index contributed by atoms with van der Waals surface area (Å²) in [6.07, 6.45) is 6.51. The van der Waals surface area contributed by atoms with Gasteiger partial charge in [-0.25, -0.2) is 4.98 Å². The lowest BCUT2D eigenvalue weighted by atomic mass is 9.94. The van der Waals surface area contributed by atoms with Gasteiger partial charge in [-0.05, 0) is 12.8 Å². The molecule has 0 spiro atoms. The van der Waals surface area contributed by atoms with E-state index in [4.69, 9.17) is 0 Å². The number of thiazole rings is 1. The van der Waals surface area contributed by atoms with Crippen molar-refractivity contribution in [2.24, 2.45) is 0 Å². The molecule has 4 heteroatoms. The van der Waals surface area contributed by atoms with Crippen molar-refractivity contribution >= 4 is 17.2 Å². The molecular weight excluding hydrogens is 292 g/mol. The van der Waals surface area contributed by atoms with Crippen LogP contribution in [0.5, 0.6) is 0 Å². The van der Waals surface area contributed by atoms with E-state index in [1.54, 1.807) is 11.3 Å². The molecule has 0 saturated heterocycles. The third-order valence-electron chi connectivity index (χ3n) is 4.42. The van der Waals surface area contributed by atoms with Gasteiger partial charge in [0.05, 0.1) is 12.1 Å². The number of nitrogens with zero attached hydrogens (tertiary/aromatic N) is 2. The predicted octanol–water partition coefficient (Wildman–Crippen LogP) is 4.14. The van der Waals surface area contributed by atoms with E-state index in [0.717, 1.165) is 29.1 Å². The van der Waals surface area contributed by atoms with Crippen LogP contribution < -0.4 is 0 Å². The molecule has 1 aromatic heterocycles. The van der Waals surface area contributed by atoms with E-state index in [-0.39, 0.29) is 5.91 Å². The van der Waals surface area contributed by atoms with Crippen LogP contribution in [-0.2, 0) is 11.2 Å². The summed E-state index contributed by atoms with van der Waals surface area (Å²) in [4.78, 5) is 19.0. The van der Waals surface area contributed by atoms with E-state index < -0.39 is 0 Å². The lowest BCUT2D eigenvalue weighted by molar-refractivity contribution is -0.131. The van der Waals surface area contributed by atoms with Gasteiger partial charge < -0.3 is 4.90 Å². The smallest absolute Gasteiger partial charge is 0.228 e. The van der Waals surface area contributed by atoms with Crippen LogP contribution in [0.3, 0.4) is 0 Å². The molecule has 0 aliphatic heterocycles. The number of rotatable bonds is 4. The molecule has 0 N–H and O–H groups in total. The van der Waals surface area contributed by atoms with Crippen LogP contribution >= 0.6 is 11.3 Å². The molecule has 1 aliphatic carbocycles. The summed E-state index contributed by atoms with van der Waals surface area (Å²) >= 11 is 1.61. The van der Waals surface area contributed by atoms with Crippen LogP contribution in [0, 0.1) is 0 Å². The Bertz CT molecular complexity index is 617. The van der Waals surface area contributed by atoms with Crippen LogP contribution in [0.15, 0.2) is 35.7 Å². The number of aromatic nitrogens is 1. The zero-order chi connectivity index (χ0) is 15.4. The van der Waals surface area contributed by atoms with Gasteiger partial charge in [-0.1, -0.05) is 49.6 Å². The van der Waals surface area contributed by atoms with Crippen molar-refractivity contribution in [2.45, 2.75) is 44.6 Å². The van der Waals surface area contributed by atoms with Crippen molar-refractivity contribution in [1.82, 2.24) is 9.88 Å². The zero-order valence-electron chi connectivity index (χ0n) is 13.0. The van der Waals surface area contributed by atoms with Gasteiger partial charge in [-0.3, -0.25) is 4.79 Å². The first kappa shape index (κ1) is 15.2. The van der Waals surface area contributed by atoms with Gasteiger partial charge in [0.25, 0.3) is 0 Å². The van der Waals surface area contributed by atoms with Crippen LogP contribution in [-0.4, -0.2) is 28.9 Å². The van der Waals surface area contributed by atoms with Crippen LogP contribution in [0.2, 0.25) is 0 Å². The second kappa shape index (κ2) is 7.05. The maximum atomic E-state index is 12.4. The predicted molar refractivity (Wildman–Crippen MR) is 90.9 cm³/mol. The quantitative estimate of drug-likeness (QED) is 0.849. The molecule has 116 valence electrons. The fourth-order valence-corrected chi connectivity index (χ4v) is 3.88. The number of carbonyl (C=O) groups is 1. The first-order chi connectivity index (χ1) is 10.7. The van der Waals surface area contributed by atoms with Gasteiger partial charge in [0.1, 0.15) is 5.01 Å². The molecule has 1 aromatic carbocycles. The highest BCUT2D eigenvalue weighted by Gasteiger charge is 2.22. The van der Waals surface area contributed by atoms with E-state index in [9.17, 15) is 4.79 Å². The molecule has 1 aliphatic rings. The van der Waals surface area contributed by atoms with Gasteiger partial charge in [-0.2, -0.15) is 0 Å². The standard InChI is InChI=1S/C18H22N2OS/c1-20(16-10-6-3-7-11-16)17(21)12-15-13-22-18(19-15)14-8-4-2-5-9-14/h2,4-5,8-9,13,16H,3,6-7,10-12H2,1H3. The average Bonchev–Trinajstić information content (AvgIpc) is 3.04. The van der Waals surface area contributed by atoms with E-state index in [0.29, 0.717) is 12.5 Å². The number of amides is 1. The summed E-state index contributed by atoms with van der Waals surface area (Å²) in [5.41, 5.74) is 2.00. The number of likely N-dealkylation sites (N-methyl/N-ethyl adjacent to an activating group) is 1. The number of carbonyl (C=O) groups excluding carboxylic acids is 1. The minimum Gasteiger partial charge on any atom is -0.342 e. The summed E-state index contributed by atoms with van der Waals surface area (Å²) in [6, 6.07) is 10.6. The minimum atomic E-state index is 0.191. The van der Waals surface area contributed by atoms with Crippen LogP contribution in [0.25, 0.3) is 10.6 Å². The Kier molecular flexibility index (Phi) is 4.88. The highest BCUT2D eigenvalue weighted by molar-refractivity contribution is 7.13. The largest absolute Gasteiger partial charge is 0.342 e. The Labute approximate surface area is 136 Å². The van der Waals surface area contributed by atoms with E-state index in [1.807, 2.05) is 35.5 Å². The molecule has 3 nitrogen and oxygen atoms in total. The Balaban J connectivity index is 1.63. The molecule has 1 fully saturated rings. The second-order valence-electron chi connectivity index (χ2n) is 5.98. The van der Waals surface area contributed by atoms with Gasteiger partial charge in [0.2, 0.25) is 5.91 Å². The molecular formula is C18H22N2OS. The third-order valence-corrected chi connectivity index (χ3v) is 5.36. The molecule has 0 atom stereocenters. The normalized spacial score (nSPS) is 15.7. The van der Waals surface area contributed by atoms with Crippen molar-refractivity contribution in [3.8, 4) is 10.6 Å². The lowest BCUT2D eigenvalue weighted by Gasteiger charge is -2.31. The Hall–Kier alpha value is -1.68. The first-order valence-corrected chi connectivity index (χ1v) is 8.87. The summed E-state index contributed by atoms with van der Waals surface area (Å²) in [5, 5.41) is 3.00. The zero-order valence-corrected chi connectivity index (χ0v) is 13.8. The fourth-order valence-electron chi connectivity index (χ4n) is 3.05. The second-order valence-corrected chi connectivity index (χ2v) is 6.84. The maximum Gasteiger partial charge on any atom is 0.228 e. The van der Waals surface area contributed by atoms with E-state index in [2.05, 4.69) is 17.1 Å². The van der Waals surface area contributed by atoms with E-state index >= 15 is 0 Å². The highest BCUT2D eigenvalue weighted by Crippen LogP contribution is 2.25. The van der Waals surface area contributed by atoms with Crippen molar-refractivity contribution in [1.29, 1.82) is 0 Å². The summed E-state index contributed by atoms with van der Waals surface area (Å²) in [6.45, 7) is 0. The molecule has 0 unspecified atom stereocenters. The van der Waals surface area contributed by atoms with Gasteiger partial charge in [-0.15, -0.1) is 11.3 Å². The molecule has 22 heavy (non-hydrogen) atoms. The average molecular weight is 314 g/mol. The topological polar surface area (TPSA) is 33.2 Å². The Morgan fingerprint density at radius 2 is 1.95 bits per heavy atom. The molecule has 2 aromatic rings. The Morgan fingerprint density at radius 3 is 2.68 bits per heavy atom. The SMILES string of the molecule is CN(C(=O)Cc1csc(-c2ccccc2)n1)C1CCCCC1. The summed E-state index contributed by atoms with van der Waals surface area (Å²) in [7, 11) is 1.95. The molecule has 1 amide bonds. The third kappa shape index (κ3) is 3.55. The number of benzene rings is 1. The van der Waals surface area contributed by atoms with Crippen molar-refractivity contribution in [2.75, 3.05) is 7.05 Å². The first-order valence-electron chi connectivity index (χ1n) is 7.99. The fraction of sp³-hybridized carbons (Fsp3) is 0.444. The number of hydrogen-bond donors (Lipinski definition) is 0. The molecule has 0 bridgehead atoms. The molecule has 0 radical (unpaired) electrons. The van der Waals surface area contributed by atoms with Crippen molar-refractivity contribution < 1.29 is 4.79 Å². The van der Waals surface area contributed by atoms with Crippen molar-refractivity contribution in [3.05, 3.63) is 41.4 Å². The minimum absolute atomic E-state index is 0.191. The van der Waals surface area contributed by atoms with Gasteiger partial charge in [0.15, 0.2) is 0 Å². The lowest BCUT2D eigenvalue weighted by Crippen LogP contribution is -2.39. The monoisotopic (exact) mass is 314 g/mol. The van der Waals surface area contributed by atoms with Crippen molar-refractivity contribution in [3.63, 3.8) is 0 Å². The molecule has 1 saturated carbocycles. The number of hydrogen-bond acceptors (Lipinski definition) is 3. The highest BCUT2D eigenvalue weighted by atomic mass is 32.1. The molecule has 3 rings (SSSR count). The van der Waals surface area contributed by atoms with Gasteiger partial charge >= 0.3 is 0 Å². The molecule has 1 heterocycles. The van der Waals surface area contributed by atoms with E-state index in [1.165, 1.54) is 19.3 Å². The van der Waals surface area contributed by atoms with Crippen LogP contribution in [0.4, 0.5) is 0 Å². The van der Waals surface area contributed by atoms with Gasteiger partial charge in [0, 0.05) is 24.0 Å². The van der Waals surface area contributed by atoms with Crippen LogP contribution in [0.1, 0.15) is 37.8 Å².